The zero-order chi connectivity index (χ0) is 25.9. The van der Waals surface area contributed by atoms with Crippen molar-refractivity contribution < 1.29 is 55.3 Å². The summed E-state index contributed by atoms with van der Waals surface area (Å²) in [5, 5.41) is 0. The van der Waals surface area contributed by atoms with Gasteiger partial charge in [0.2, 0.25) is 0 Å². The minimum atomic E-state index is -5.24. The lowest BCUT2D eigenvalue weighted by atomic mass is 9.95. The third-order valence-corrected chi connectivity index (χ3v) is 5.57. The van der Waals surface area contributed by atoms with Crippen LogP contribution < -0.4 is 0 Å². The van der Waals surface area contributed by atoms with E-state index >= 15 is 0 Å². The van der Waals surface area contributed by atoms with Crippen LogP contribution in [0.25, 0.3) is 0 Å². The Hall–Kier alpha value is -3.17. The predicted octanol–water partition coefficient (Wildman–Crippen LogP) is 0.262. The highest BCUT2D eigenvalue weighted by molar-refractivity contribution is 7.80. The number of ether oxygens (including phenoxy) is 4. The first-order valence-corrected chi connectivity index (χ1v) is 11.6. The fourth-order valence-electron chi connectivity index (χ4n) is 3.86. The minimum Gasteiger partial charge on any atom is -0.463 e. The number of rotatable bonds is 9. The fourth-order valence-corrected chi connectivity index (χ4v) is 4.36. The molecule has 2 aliphatic heterocycles. The molecule has 3 rings (SSSR count). The van der Waals surface area contributed by atoms with E-state index < -0.39 is 71.4 Å². The summed E-state index contributed by atoms with van der Waals surface area (Å²) in [6, 6.07) is 4.18. The van der Waals surface area contributed by atoms with Crippen molar-refractivity contribution in [2.24, 2.45) is 0 Å². The van der Waals surface area contributed by atoms with Crippen LogP contribution in [-0.2, 0) is 43.1 Å². The highest BCUT2D eigenvalue weighted by Gasteiger charge is 2.57. The van der Waals surface area contributed by atoms with Gasteiger partial charge >= 0.3 is 22.3 Å². The van der Waals surface area contributed by atoms with Crippen LogP contribution in [0, 0.1) is 0 Å². The summed E-state index contributed by atoms with van der Waals surface area (Å²) in [7, 11) is -5.24. The smallest absolute Gasteiger partial charge is 0.397 e. The molecule has 190 valence electrons. The molecule has 0 radical (unpaired) electrons. The number of carbonyl (C=O) groups is 4. The average molecular weight is 513 g/mol. The first-order chi connectivity index (χ1) is 16.4. The van der Waals surface area contributed by atoms with Crippen molar-refractivity contribution in [1.29, 1.82) is 0 Å². The van der Waals surface area contributed by atoms with E-state index in [-0.39, 0.29) is 17.7 Å². The Morgan fingerprint density at radius 3 is 2.20 bits per heavy atom. The van der Waals surface area contributed by atoms with Gasteiger partial charge in [0.15, 0.2) is 12.4 Å². The summed E-state index contributed by atoms with van der Waals surface area (Å²) in [4.78, 5) is 50.3. The van der Waals surface area contributed by atoms with E-state index in [0.29, 0.717) is 4.90 Å². The number of fused-ring (bicyclic) bond motifs is 1. The molecular weight excluding hydrogens is 490 g/mol. The summed E-state index contributed by atoms with van der Waals surface area (Å²) in [6.45, 7) is 4.89. The first kappa shape index (κ1) is 26.4. The van der Waals surface area contributed by atoms with Gasteiger partial charge in [-0.05, 0) is 12.1 Å². The molecular formula is C21H23NO12S. The number of carbonyl (C=O) groups excluding carboxylic acids is 4. The Morgan fingerprint density at radius 2 is 1.71 bits per heavy atom. The van der Waals surface area contributed by atoms with Gasteiger partial charge in [-0.3, -0.25) is 28.6 Å². The molecule has 1 N–H and O–H groups in total. The molecule has 2 amide bonds. The van der Waals surface area contributed by atoms with Crippen molar-refractivity contribution in [3.05, 3.63) is 48.0 Å². The minimum absolute atomic E-state index is 0.0247. The number of hydrogen-bond acceptors (Lipinski definition) is 11. The predicted molar refractivity (Wildman–Crippen MR) is 114 cm³/mol. The molecule has 0 saturated carbocycles. The SMILES string of the molecule is C=CCO[C@@H]1O[C@H](COC(C)=O)[C@@H](OC(C)=O)[C@H](OS(=O)(=O)O)[C@H]1N1C(=O)c2ccccc2C1=O. The van der Waals surface area contributed by atoms with E-state index in [1.807, 2.05) is 0 Å². The molecule has 13 nitrogen and oxygen atoms in total. The Morgan fingerprint density at radius 1 is 1.11 bits per heavy atom. The second-order valence-electron chi connectivity index (χ2n) is 7.55. The summed E-state index contributed by atoms with van der Waals surface area (Å²) < 4.78 is 59.4. The third-order valence-electron chi connectivity index (χ3n) is 5.10. The van der Waals surface area contributed by atoms with Crippen LogP contribution in [0.2, 0.25) is 0 Å². The van der Waals surface area contributed by atoms with E-state index in [4.69, 9.17) is 23.1 Å². The number of amides is 2. The second kappa shape index (κ2) is 10.6. The average Bonchev–Trinajstić information content (AvgIpc) is 3.01. The molecule has 5 atom stereocenters. The van der Waals surface area contributed by atoms with Crippen LogP contribution in [0.15, 0.2) is 36.9 Å². The van der Waals surface area contributed by atoms with Crippen molar-refractivity contribution >= 4 is 34.2 Å². The molecule has 1 fully saturated rings. The number of imide groups is 1. The van der Waals surface area contributed by atoms with Gasteiger partial charge < -0.3 is 18.9 Å². The maximum Gasteiger partial charge on any atom is 0.397 e. The van der Waals surface area contributed by atoms with Gasteiger partial charge in [-0.15, -0.1) is 6.58 Å². The Bertz CT molecular complexity index is 1100. The molecule has 0 spiro atoms. The molecule has 35 heavy (non-hydrogen) atoms. The molecule has 0 aliphatic carbocycles. The lowest BCUT2D eigenvalue weighted by Gasteiger charge is -2.46. The van der Waals surface area contributed by atoms with Gasteiger partial charge in [0, 0.05) is 13.8 Å². The zero-order valence-corrected chi connectivity index (χ0v) is 19.5. The maximum absolute atomic E-state index is 13.2. The van der Waals surface area contributed by atoms with Crippen molar-refractivity contribution in [2.75, 3.05) is 13.2 Å². The quantitative estimate of drug-likeness (QED) is 0.207. The maximum atomic E-state index is 13.2. The molecule has 1 aromatic carbocycles. The highest BCUT2D eigenvalue weighted by atomic mass is 32.3. The number of benzene rings is 1. The molecule has 0 aromatic heterocycles. The molecule has 0 unspecified atom stereocenters. The molecule has 0 bridgehead atoms. The van der Waals surface area contributed by atoms with E-state index in [1.165, 1.54) is 30.3 Å². The molecule has 2 heterocycles. The van der Waals surface area contributed by atoms with Crippen LogP contribution in [0.4, 0.5) is 0 Å². The third kappa shape index (κ3) is 5.91. The summed E-state index contributed by atoms with van der Waals surface area (Å²) in [6.07, 6.45) is -5.17. The highest BCUT2D eigenvalue weighted by Crippen LogP contribution is 2.36. The van der Waals surface area contributed by atoms with Crippen molar-refractivity contribution in [1.82, 2.24) is 4.90 Å². The van der Waals surface area contributed by atoms with Crippen LogP contribution >= 0.6 is 0 Å². The van der Waals surface area contributed by atoms with Gasteiger partial charge in [0.1, 0.15) is 24.9 Å². The number of hydrogen-bond donors (Lipinski definition) is 1. The monoisotopic (exact) mass is 513 g/mol. The van der Waals surface area contributed by atoms with Gasteiger partial charge in [-0.1, -0.05) is 18.2 Å². The van der Waals surface area contributed by atoms with Crippen LogP contribution in [0.1, 0.15) is 34.6 Å². The van der Waals surface area contributed by atoms with Crippen molar-refractivity contribution in [2.45, 2.75) is 44.5 Å². The Labute approximate surface area is 200 Å². The fraction of sp³-hybridized carbons (Fsp3) is 0.429. The Kier molecular flexibility index (Phi) is 8.02. The largest absolute Gasteiger partial charge is 0.463 e. The lowest BCUT2D eigenvalue weighted by molar-refractivity contribution is -0.277. The van der Waals surface area contributed by atoms with Crippen LogP contribution in [0.3, 0.4) is 0 Å². The number of esters is 2. The van der Waals surface area contributed by atoms with E-state index in [0.717, 1.165) is 13.8 Å². The normalized spacial score (nSPS) is 26.3. The lowest BCUT2D eigenvalue weighted by Crippen LogP contribution is -2.67. The van der Waals surface area contributed by atoms with E-state index in [1.54, 1.807) is 0 Å². The first-order valence-electron chi connectivity index (χ1n) is 10.3. The topological polar surface area (TPSA) is 172 Å². The van der Waals surface area contributed by atoms with Gasteiger partial charge in [-0.25, -0.2) is 4.18 Å². The summed E-state index contributed by atoms with van der Waals surface area (Å²) >= 11 is 0. The van der Waals surface area contributed by atoms with Crippen molar-refractivity contribution in [3.63, 3.8) is 0 Å². The second-order valence-corrected chi connectivity index (χ2v) is 8.59. The van der Waals surface area contributed by atoms with Gasteiger partial charge in [0.25, 0.3) is 11.8 Å². The summed E-state index contributed by atoms with van der Waals surface area (Å²) in [5.74, 6) is -3.29. The number of nitrogens with zero attached hydrogens (tertiary/aromatic N) is 1. The van der Waals surface area contributed by atoms with Gasteiger partial charge in [0.05, 0.1) is 17.7 Å². The molecule has 2 aliphatic rings. The summed E-state index contributed by atoms with van der Waals surface area (Å²) in [5.41, 5.74) is 0.0494. The Balaban J connectivity index is 2.13. The molecule has 1 saturated heterocycles. The van der Waals surface area contributed by atoms with E-state index in [2.05, 4.69) is 6.58 Å². The van der Waals surface area contributed by atoms with Crippen LogP contribution in [0.5, 0.6) is 0 Å². The van der Waals surface area contributed by atoms with E-state index in [9.17, 15) is 32.1 Å². The molecule has 14 heteroatoms. The van der Waals surface area contributed by atoms with Crippen LogP contribution in [-0.4, -0.2) is 85.5 Å². The van der Waals surface area contributed by atoms with Crippen molar-refractivity contribution in [3.8, 4) is 0 Å². The van der Waals surface area contributed by atoms with Gasteiger partial charge in [-0.2, -0.15) is 8.42 Å². The molecule has 1 aromatic rings. The zero-order valence-electron chi connectivity index (χ0n) is 18.7. The standard InChI is InChI=1S/C21H23NO12S/c1-4-9-30-21-16(22-19(25)13-7-5-6-8-14(13)20(22)26)18(34-35(27,28)29)17(32-12(3)24)15(33-21)10-31-11(2)23/h4-8,15-18,21H,1,9-10H2,2-3H3,(H,27,28,29)/t15-,16-,17-,18-,21-/m1/s1.